The number of amides is 1. The highest BCUT2D eigenvalue weighted by Crippen LogP contribution is 2.32. The number of carbonyl (C=O) groups is 1. The molecule has 0 heterocycles. The second-order valence-electron chi connectivity index (χ2n) is 6.61. The molecule has 26 heavy (non-hydrogen) atoms. The van der Waals surface area contributed by atoms with Crippen molar-refractivity contribution in [2.24, 2.45) is 0 Å². The molecule has 2 rings (SSSR count). The van der Waals surface area contributed by atoms with Gasteiger partial charge in [-0.25, -0.2) is 0 Å². The summed E-state index contributed by atoms with van der Waals surface area (Å²) in [5, 5.41) is 13.8. The van der Waals surface area contributed by atoms with Gasteiger partial charge in [0.05, 0.1) is 18.1 Å². The van der Waals surface area contributed by atoms with Crippen LogP contribution in [0.1, 0.15) is 59.8 Å². The van der Waals surface area contributed by atoms with Gasteiger partial charge in [0, 0.05) is 17.7 Å². The van der Waals surface area contributed by atoms with Crippen molar-refractivity contribution in [1.82, 2.24) is 5.32 Å². The molecule has 0 bridgehead atoms. The Balaban J connectivity index is 2.28. The van der Waals surface area contributed by atoms with Crippen LogP contribution in [-0.2, 0) is 0 Å². The van der Waals surface area contributed by atoms with E-state index >= 15 is 0 Å². The summed E-state index contributed by atoms with van der Waals surface area (Å²) < 4.78 is 5.46. The Bertz CT molecular complexity index is 831. The molecule has 1 atom stereocenters. The molecule has 0 aliphatic carbocycles. The predicted molar refractivity (Wildman–Crippen MR) is 101 cm³/mol. The number of nitrogens with one attached hydrogen (secondary N) is 1. The van der Waals surface area contributed by atoms with Crippen molar-refractivity contribution in [1.29, 1.82) is 0 Å². The van der Waals surface area contributed by atoms with Crippen LogP contribution >= 0.6 is 0 Å². The van der Waals surface area contributed by atoms with Crippen LogP contribution in [0.25, 0.3) is 0 Å². The fraction of sp³-hybridized carbons (Fsp3) is 0.350. The number of carbonyl (C=O) groups excluding carboxylic acids is 1. The Kier molecular flexibility index (Phi) is 5.97. The van der Waals surface area contributed by atoms with Crippen LogP contribution in [0.2, 0.25) is 0 Å². The molecule has 0 aromatic heterocycles. The van der Waals surface area contributed by atoms with Crippen molar-refractivity contribution in [3.8, 4) is 5.75 Å². The van der Waals surface area contributed by atoms with E-state index in [1.54, 1.807) is 13.2 Å². The van der Waals surface area contributed by atoms with Gasteiger partial charge in [0.25, 0.3) is 11.6 Å². The van der Waals surface area contributed by atoms with E-state index in [-0.39, 0.29) is 29.1 Å². The largest absolute Gasteiger partial charge is 0.496 e. The summed E-state index contributed by atoms with van der Waals surface area (Å²) in [6.45, 7) is 8.04. The number of rotatable bonds is 6. The molecule has 6 heteroatoms. The lowest BCUT2D eigenvalue weighted by Crippen LogP contribution is -2.27. The van der Waals surface area contributed by atoms with Gasteiger partial charge < -0.3 is 10.1 Å². The van der Waals surface area contributed by atoms with Crippen molar-refractivity contribution in [2.45, 2.75) is 39.7 Å². The molecule has 0 spiro atoms. The van der Waals surface area contributed by atoms with Gasteiger partial charge >= 0.3 is 0 Å². The first-order valence-corrected chi connectivity index (χ1v) is 8.48. The average Bonchev–Trinajstić information content (AvgIpc) is 2.60. The molecular weight excluding hydrogens is 332 g/mol. The number of hydrogen-bond acceptors (Lipinski definition) is 4. The standard InChI is InChI=1S/C20H24N2O4/c1-12(2)17-11-18(13(3)9-19(17)26-5)14(4)21-20(23)15-7-6-8-16(10-15)22(24)25/h6-12,14H,1-5H3,(H,21,23). The zero-order chi connectivity index (χ0) is 19.4. The van der Waals surface area contributed by atoms with Crippen molar-refractivity contribution in [3.05, 3.63) is 68.8 Å². The number of benzene rings is 2. The quantitative estimate of drug-likeness (QED) is 0.609. The highest BCUT2D eigenvalue weighted by Gasteiger charge is 2.18. The topological polar surface area (TPSA) is 81.5 Å². The lowest BCUT2D eigenvalue weighted by atomic mass is 9.93. The van der Waals surface area contributed by atoms with Crippen molar-refractivity contribution >= 4 is 11.6 Å². The van der Waals surface area contributed by atoms with Gasteiger partial charge in [-0.05, 0) is 54.7 Å². The third kappa shape index (κ3) is 4.20. The normalized spacial score (nSPS) is 11.9. The zero-order valence-corrected chi connectivity index (χ0v) is 15.7. The number of nitro benzene ring substituents is 1. The summed E-state index contributed by atoms with van der Waals surface area (Å²) in [6, 6.07) is 9.50. The number of ether oxygens (including phenoxy) is 1. The lowest BCUT2D eigenvalue weighted by molar-refractivity contribution is -0.384. The molecule has 0 aliphatic rings. The second kappa shape index (κ2) is 7.99. The summed E-state index contributed by atoms with van der Waals surface area (Å²) in [5.74, 6) is 0.768. The van der Waals surface area contributed by atoms with Gasteiger partial charge in [0.15, 0.2) is 0 Å². The minimum absolute atomic E-state index is 0.104. The summed E-state index contributed by atoms with van der Waals surface area (Å²) in [7, 11) is 1.65. The van der Waals surface area contributed by atoms with E-state index in [4.69, 9.17) is 4.74 Å². The molecule has 1 amide bonds. The minimum Gasteiger partial charge on any atom is -0.496 e. The van der Waals surface area contributed by atoms with Crippen molar-refractivity contribution in [2.75, 3.05) is 7.11 Å². The van der Waals surface area contributed by atoms with Crippen LogP contribution in [-0.4, -0.2) is 17.9 Å². The van der Waals surface area contributed by atoms with Crippen molar-refractivity contribution < 1.29 is 14.5 Å². The molecule has 1 N–H and O–H groups in total. The van der Waals surface area contributed by atoms with E-state index in [2.05, 4.69) is 25.2 Å². The van der Waals surface area contributed by atoms with E-state index in [9.17, 15) is 14.9 Å². The molecule has 0 saturated heterocycles. The van der Waals surface area contributed by atoms with Gasteiger partial charge in [-0.3, -0.25) is 14.9 Å². The predicted octanol–water partition coefficient (Wildman–Crippen LogP) is 4.53. The first-order valence-electron chi connectivity index (χ1n) is 8.48. The SMILES string of the molecule is COc1cc(C)c(C(C)NC(=O)c2cccc([N+](=O)[O-])c2)cc1C(C)C. The van der Waals surface area contributed by atoms with Gasteiger partial charge in [0.2, 0.25) is 0 Å². The summed E-state index contributed by atoms with van der Waals surface area (Å²) in [6.07, 6.45) is 0. The van der Waals surface area contributed by atoms with Crippen LogP contribution < -0.4 is 10.1 Å². The highest BCUT2D eigenvalue weighted by molar-refractivity contribution is 5.95. The Labute approximate surface area is 153 Å². The third-order valence-electron chi connectivity index (χ3n) is 4.37. The molecule has 0 radical (unpaired) electrons. The summed E-state index contributed by atoms with van der Waals surface area (Å²) in [4.78, 5) is 22.9. The zero-order valence-electron chi connectivity index (χ0n) is 15.7. The number of non-ortho nitro benzene ring substituents is 1. The first kappa shape index (κ1) is 19.4. The molecule has 2 aromatic rings. The van der Waals surface area contributed by atoms with Gasteiger partial charge in [-0.1, -0.05) is 19.9 Å². The average molecular weight is 356 g/mol. The summed E-state index contributed by atoms with van der Waals surface area (Å²) in [5.41, 5.74) is 3.24. The number of hydrogen-bond donors (Lipinski definition) is 1. The van der Waals surface area contributed by atoms with Gasteiger partial charge in [-0.15, -0.1) is 0 Å². The van der Waals surface area contributed by atoms with Crippen LogP contribution in [0.3, 0.4) is 0 Å². The Hall–Kier alpha value is -2.89. The maximum absolute atomic E-state index is 12.5. The number of methoxy groups -OCH3 is 1. The third-order valence-corrected chi connectivity index (χ3v) is 4.37. The Morgan fingerprint density at radius 1 is 1.15 bits per heavy atom. The summed E-state index contributed by atoms with van der Waals surface area (Å²) >= 11 is 0. The molecule has 138 valence electrons. The van der Waals surface area contributed by atoms with E-state index in [1.165, 1.54) is 18.2 Å². The van der Waals surface area contributed by atoms with Crippen molar-refractivity contribution in [3.63, 3.8) is 0 Å². The van der Waals surface area contributed by atoms with E-state index in [0.29, 0.717) is 0 Å². The molecule has 1 unspecified atom stereocenters. The smallest absolute Gasteiger partial charge is 0.270 e. The maximum Gasteiger partial charge on any atom is 0.270 e. The van der Waals surface area contributed by atoms with Crippen LogP contribution in [0.4, 0.5) is 5.69 Å². The minimum atomic E-state index is -0.511. The molecule has 6 nitrogen and oxygen atoms in total. The molecule has 2 aromatic carbocycles. The van der Waals surface area contributed by atoms with E-state index < -0.39 is 4.92 Å². The highest BCUT2D eigenvalue weighted by atomic mass is 16.6. The number of nitro groups is 1. The number of nitrogens with zero attached hydrogens (tertiary/aromatic N) is 1. The molecule has 0 saturated carbocycles. The van der Waals surface area contributed by atoms with Gasteiger partial charge in [-0.2, -0.15) is 0 Å². The van der Waals surface area contributed by atoms with Gasteiger partial charge in [0.1, 0.15) is 5.75 Å². The Morgan fingerprint density at radius 2 is 1.85 bits per heavy atom. The van der Waals surface area contributed by atoms with Crippen LogP contribution in [0.5, 0.6) is 5.75 Å². The fourth-order valence-electron chi connectivity index (χ4n) is 2.93. The second-order valence-corrected chi connectivity index (χ2v) is 6.61. The molecular formula is C20H24N2O4. The van der Waals surface area contributed by atoms with Crippen LogP contribution in [0, 0.1) is 17.0 Å². The van der Waals surface area contributed by atoms with E-state index in [0.717, 1.165) is 22.4 Å². The molecule has 0 fully saturated rings. The Morgan fingerprint density at radius 3 is 2.42 bits per heavy atom. The first-order chi connectivity index (χ1) is 12.2. The van der Waals surface area contributed by atoms with E-state index in [1.807, 2.05) is 19.9 Å². The molecule has 0 aliphatic heterocycles. The maximum atomic E-state index is 12.5. The number of aryl methyl sites for hydroxylation is 1. The van der Waals surface area contributed by atoms with Crippen LogP contribution in [0.15, 0.2) is 36.4 Å². The fourth-order valence-corrected chi connectivity index (χ4v) is 2.93. The monoisotopic (exact) mass is 356 g/mol. The lowest BCUT2D eigenvalue weighted by Gasteiger charge is -2.21.